The Labute approximate surface area is 261 Å². The van der Waals surface area contributed by atoms with Crippen LogP contribution in [0.5, 0.6) is 0 Å². The molecule has 0 saturated carbocycles. The summed E-state index contributed by atoms with van der Waals surface area (Å²) in [5.74, 6) is -0.308. The maximum Gasteiger partial charge on any atom is 0.271 e. The van der Waals surface area contributed by atoms with Crippen LogP contribution in [0.3, 0.4) is 0 Å². The lowest BCUT2D eigenvalue weighted by Crippen LogP contribution is -2.40. The molecule has 2 aliphatic heterocycles. The average Bonchev–Trinajstić information content (AvgIpc) is 3.31. The van der Waals surface area contributed by atoms with Crippen molar-refractivity contribution in [2.75, 3.05) is 17.3 Å². The van der Waals surface area contributed by atoms with Crippen LogP contribution in [0.2, 0.25) is 5.02 Å². The smallest absolute Gasteiger partial charge is 0.271 e. The zero-order valence-corrected chi connectivity index (χ0v) is 25.6. The second-order valence-corrected chi connectivity index (χ2v) is 12.8. The summed E-state index contributed by atoms with van der Waals surface area (Å²) in [7, 11) is 2.07. The van der Waals surface area contributed by atoms with Gasteiger partial charge in [-0.05, 0) is 72.7 Å². The largest absolute Gasteiger partial charge is 0.343 e. The molecule has 0 aliphatic carbocycles. The molecule has 0 spiro atoms. The van der Waals surface area contributed by atoms with Crippen LogP contribution in [0.25, 0.3) is 6.08 Å². The molecular formula is C34H25ClN4O2S2. The number of allylic oxidation sites excluding steroid dienone is 1. The molecule has 1 amide bonds. The van der Waals surface area contributed by atoms with Crippen LogP contribution in [-0.4, -0.2) is 17.5 Å². The third-order valence-electron chi connectivity index (χ3n) is 7.57. The minimum Gasteiger partial charge on any atom is -0.343 e. The summed E-state index contributed by atoms with van der Waals surface area (Å²) in [5, 5.41) is 3.56. The van der Waals surface area contributed by atoms with Crippen molar-refractivity contribution in [3.05, 3.63) is 144 Å². The zero-order valence-electron chi connectivity index (χ0n) is 23.2. The number of thiazole rings is 1. The highest BCUT2D eigenvalue weighted by Gasteiger charge is 2.32. The quantitative estimate of drug-likeness (QED) is 0.241. The van der Waals surface area contributed by atoms with Gasteiger partial charge in [-0.25, -0.2) is 4.99 Å². The molecule has 0 fully saturated rings. The lowest BCUT2D eigenvalue weighted by molar-refractivity contribution is -0.113. The van der Waals surface area contributed by atoms with E-state index in [1.165, 1.54) is 21.9 Å². The van der Waals surface area contributed by atoms with Gasteiger partial charge in [-0.15, -0.1) is 0 Å². The van der Waals surface area contributed by atoms with Gasteiger partial charge < -0.3 is 10.2 Å². The molecule has 7 rings (SSSR count). The molecule has 43 heavy (non-hydrogen) atoms. The Balaban J connectivity index is 1.32. The first-order valence-electron chi connectivity index (χ1n) is 13.7. The molecule has 1 aromatic heterocycles. The van der Waals surface area contributed by atoms with E-state index in [4.69, 9.17) is 16.6 Å². The van der Waals surface area contributed by atoms with Gasteiger partial charge in [0.25, 0.3) is 11.5 Å². The topological polar surface area (TPSA) is 66.7 Å². The van der Waals surface area contributed by atoms with Crippen LogP contribution in [0, 0.1) is 0 Å². The third kappa shape index (κ3) is 5.01. The second kappa shape index (κ2) is 11.0. The minimum atomic E-state index is -0.663. The second-order valence-electron chi connectivity index (χ2n) is 10.3. The highest BCUT2D eigenvalue weighted by Crippen LogP contribution is 2.47. The molecule has 0 unspecified atom stereocenters. The molecule has 1 atom stereocenters. The van der Waals surface area contributed by atoms with Crippen molar-refractivity contribution in [2.24, 2.45) is 4.99 Å². The fraction of sp³-hybridized carbons (Fsp3) is 0.0882. The van der Waals surface area contributed by atoms with Gasteiger partial charge in [-0.1, -0.05) is 83.2 Å². The summed E-state index contributed by atoms with van der Waals surface area (Å²) < 4.78 is 2.17. The van der Waals surface area contributed by atoms with Crippen molar-refractivity contribution in [3.63, 3.8) is 0 Å². The number of carbonyl (C=O) groups is 1. The van der Waals surface area contributed by atoms with Crippen LogP contribution < -0.4 is 25.1 Å². The molecule has 0 saturated heterocycles. The zero-order chi connectivity index (χ0) is 29.7. The fourth-order valence-electron chi connectivity index (χ4n) is 5.49. The van der Waals surface area contributed by atoms with E-state index in [1.807, 2.05) is 73.7 Å². The fourth-order valence-corrected chi connectivity index (χ4v) is 7.86. The first-order chi connectivity index (χ1) is 20.9. The van der Waals surface area contributed by atoms with Crippen LogP contribution in [0.1, 0.15) is 24.1 Å². The number of anilines is 3. The summed E-state index contributed by atoms with van der Waals surface area (Å²) in [6, 6.07) is 30.4. The van der Waals surface area contributed by atoms with Gasteiger partial charge in [0.05, 0.1) is 33.2 Å². The number of nitrogens with zero attached hydrogens (tertiary/aromatic N) is 3. The van der Waals surface area contributed by atoms with Crippen LogP contribution in [0.15, 0.2) is 128 Å². The van der Waals surface area contributed by atoms with Gasteiger partial charge >= 0.3 is 0 Å². The summed E-state index contributed by atoms with van der Waals surface area (Å²) in [4.78, 5) is 37.6. The predicted molar refractivity (Wildman–Crippen MR) is 175 cm³/mol. The molecule has 0 radical (unpaired) electrons. The molecule has 212 valence electrons. The summed E-state index contributed by atoms with van der Waals surface area (Å²) in [6.07, 6.45) is 1.91. The van der Waals surface area contributed by atoms with E-state index >= 15 is 0 Å². The van der Waals surface area contributed by atoms with E-state index in [-0.39, 0.29) is 11.5 Å². The third-order valence-corrected chi connectivity index (χ3v) is 9.92. The Morgan fingerprint density at radius 1 is 0.930 bits per heavy atom. The molecule has 1 N–H and O–H groups in total. The Morgan fingerprint density at radius 2 is 1.65 bits per heavy atom. The van der Waals surface area contributed by atoms with E-state index in [2.05, 4.69) is 41.5 Å². The molecule has 4 aromatic carbocycles. The predicted octanol–water partition coefficient (Wildman–Crippen LogP) is 6.76. The monoisotopic (exact) mass is 620 g/mol. The van der Waals surface area contributed by atoms with Crippen molar-refractivity contribution in [1.29, 1.82) is 0 Å². The maximum atomic E-state index is 14.1. The van der Waals surface area contributed by atoms with E-state index < -0.39 is 6.04 Å². The number of nitrogens with one attached hydrogen (secondary N) is 1. The SMILES string of the molecule is CC1=C(C(=O)Nc2ccccc2)[C@@H](c2ccc(Cl)cc2)n2c(s/c(=C/c3ccc4c(c3)Sc3ccccc3N4C)c2=O)=N1. The van der Waals surface area contributed by atoms with E-state index in [9.17, 15) is 9.59 Å². The first-order valence-corrected chi connectivity index (χ1v) is 15.7. The lowest BCUT2D eigenvalue weighted by atomic mass is 9.95. The number of halogens is 1. The number of benzene rings is 4. The minimum absolute atomic E-state index is 0.200. The number of fused-ring (bicyclic) bond motifs is 3. The highest BCUT2D eigenvalue weighted by atomic mass is 35.5. The Morgan fingerprint density at radius 3 is 2.44 bits per heavy atom. The van der Waals surface area contributed by atoms with Crippen LogP contribution >= 0.6 is 34.7 Å². The van der Waals surface area contributed by atoms with Crippen molar-refractivity contribution >= 4 is 63.7 Å². The van der Waals surface area contributed by atoms with Gasteiger partial charge in [0, 0.05) is 27.5 Å². The van der Waals surface area contributed by atoms with Crippen molar-refractivity contribution in [3.8, 4) is 0 Å². The molecule has 0 bridgehead atoms. The van der Waals surface area contributed by atoms with Crippen LogP contribution in [0.4, 0.5) is 17.1 Å². The standard InChI is InChI=1S/C34H25ClN4O2S2/c1-20-30(32(40)37-24-8-4-3-5-9-24)31(22-13-15-23(35)16-14-22)39-33(41)29(43-34(39)36-20)19-21-12-17-26-28(18-21)42-27-11-7-6-10-25(27)38(26)2/h3-19,31H,1-2H3,(H,37,40)/b29-19+/t31-/m1/s1. The molecule has 3 heterocycles. The van der Waals surface area contributed by atoms with E-state index in [0.29, 0.717) is 31.3 Å². The van der Waals surface area contributed by atoms with Crippen LogP contribution in [-0.2, 0) is 4.79 Å². The van der Waals surface area contributed by atoms with Crippen molar-refractivity contribution in [1.82, 2.24) is 4.57 Å². The highest BCUT2D eigenvalue weighted by molar-refractivity contribution is 7.99. The normalized spacial score (nSPS) is 15.8. The van der Waals surface area contributed by atoms with E-state index in [0.717, 1.165) is 21.7 Å². The number of para-hydroxylation sites is 2. The van der Waals surface area contributed by atoms with Gasteiger partial charge in [0.1, 0.15) is 0 Å². The summed E-state index contributed by atoms with van der Waals surface area (Å²) >= 11 is 9.26. The van der Waals surface area contributed by atoms with Crippen molar-refractivity contribution < 1.29 is 4.79 Å². The number of carbonyl (C=O) groups excluding carboxylic acids is 1. The van der Waals surface area contributed by atoms with Gasteiger partial charge in [-0.3, -0.25) is 14.2 Å². The summed E-state index contributed by atoms with van der Waals surface area (Å²) in [5.41, 5.74) is 5.43. The number of hydrogen-bond donors (Lipinski definition) is 1. The Bertz CT molecular complexity index is 2120. The molecule has 2 aliphatic rings. The van der Waals surface area contributed by atoms with Crippen molar-refractivity contribution in [2.45, 2.75) is 22.8 Å². The number of rotatable bonds is 4. The van der Waals surface area contributed by atoms with Gasteiger partial charge in [-0.2, -0.15) is 0 Å². The van der Waals surface area contributed by atoms with Gasteiger partial charge in [0.2, 0.25) is 0 Å². The Hall–Kier alpha value is -4.37. The molecular weight excluding hydrogens is 596 g/mol. The van der Waals surface area contributed by atoms with E-state index in [1.54, 1.807) is 28.5 Å². The number of hydrogen-bond acceptors (Lipinski definition) is 6. The molecule has 6 nitrogen and oxygen atoms in total. The van der Waals surface area contributed by atoms with Gasteiger partial charge in [0.15, 0.2) is 4.80 Å². The number of aromatic nitrogens is 1. The number of amides is 1. The maximum absolute atomic E-state index is 14.1. The Kier molecular flexibility index (Phi) is 7.05. The lowest BCUT2D eigenvalue weighted by Gasteiger charge is -2.29. The molecule has 5 aromatic rings. The molecule has 9 heteroatoms. The summed E-state index contributed by atoms with van der Waals surface area (Å²) in [6.45, 7) is 1.81. The average molecular weight is 621 g/mol. The first kappa shape index (κ1) is 27.5.